The Hall–Kier alpha value is -0.450. The molecule has 3 rings (SSSR count). The third kappa shape index (κ3) is 2.78. The Kier molecular flexibility index (Phi) is 3.68. The van der Waals surface area contributed by atoms with Crippen LogP contribution in [0.3, 0.4) is 0 Å². The lowest BCUT2D eigenvalue weighted by molar-refractivity contribution is -0.0544. The smallest absolute Gasteiger partial charge is 0.113 e. The second-order valence-corrected chi connectivity index (χ2v) is 8.13. The Morgan fingerprint density at radius 1 is 1.40 bits per heavy atom. The van der Waals surface area contributed by atoms with E-state index in [1.54, 1.807) is 0 Å². The molecule has 0 radical (unpaired) electrons. The van der Waals surface area contributed by atoms with E-state index in [0.717, 1.165) is 19.4 Å². The minimum absolute atomic E-state index is 0.0924. The van der Waals surface area contributed by atoms with Gasteiger partial charge in [-0.15, -0.1) is 11.3 Å². The van der Waals surface area contributed by atoms with Gasteiger partial charge in [-0.3, -0.25) is 0 Å². The minimum atomic E-state index is 0.0924. The van der Waals surface area contributed by atoms with Gasteiger partial charge in [0.2, 0.25) is 0 Å². The number of nitrogens with zero attached hydrogens (tertiary/aromatic N) is 1. The van der Waals surface area contributed by atoms with Gasteiger partial charge in [-0.25, -0.2) is 4.98 Å². The fraction of sp³-hybridized carbons (Fsp3) is 0.812. The van der Waals surface area contributed by atoms with E-state index >= 15 is 0 Å². The molecule has 2 fully saturated rings. The molecule has 0 bridgehead atoms. The van der Waals surface area contributed by atoms with Crippen LogP contribution in [0.1, 0.15) is 64.1 Å². The molecule has 0 aliphatic heterocycles. The predicted octanol–water partition coefficient (Wildman–Crippen LogP) is 3.59. The zero-order chi connectivity index (χ0) is 14.4. The van der Waals surface area contributed by atoms with Crippen molar-refractivity contribution in [2.24, 2.45) is 0 Å². The van der Waals surface area contributed by atoms with Crippen molar-refractivity contribution in [3.8, 4) is 0 Å². The lowest BCUT2D eigenvalue weighted by Gasteiger charge is -2.47. The standard InChI is InChI=1S/C16H26N2OS/c1-5-19-12-8-16(9-12,18-11-6-7-11)14-17-13(10-20-14)15(2,3)4/h10-12,18H,5-9H2,1-4H3. The highest BCUT2D eigenvalue weighted by Crippen LogP contribution is 2.46. The molecule has 0 unspecified atom stereocenters. The molecule has 1 aromatic rings. The van der Waals surface area contributed by atoms with Crippen molar-refractivity contribution in [1.82, 2.24) is 10.3 Å². The van der Waals surface area contributed by atoms with Gasteiger partial charge in [0.05, 0.1) is 17.3 Å². The highest BCUT2D eigenvalue weighted by Gasteiger charge is 2.50. The number of hydrogen-bond acceptors (Lipinski definition) is 4. The summed E-state index contributed by atoms with van der Waals surface area (Å²) in [6.45, 7) is 9.59. The molecule has 2 saturated carbocycles. The topological polar surface area (TPSA) is 34.1 Å². The number of aromatic nitrogens is 1. The quantitative estimate of drug-likeness (QED) is 0.901. The van der Waals surface area contributed by atoms with E-state index in [9.17, 15) is 0 Å². The van der Waals surface area contributed by atoms with Crippen molar-refractivity contribution >= 4 is 11.3 Å². The van der Waals surface area contributed by atoms with Gasteiger partial charge in [-0.1, -0.05) is 20.8 Å². The summed E-state index contributed by atoms with van der Waals surface area (Å²) >= 11 is 1.82. The molecule has 2 aliphatic rings. The van der Waals surface area contributed by atoms with Crippen LogP contribution in [0, 0.1) is 0 Å². The Morgan fingerprint density at radius 2 is 2.10 bits per heavy atom. The minimum Gasteiger partial charge on any atom is -0.378 e. The molecule has 1 heterocycles. The van der Waals surface area contributed by atoms with E-state index in [1.807, 2.05) is 11.3 Å². The molecule has 4 heteroatoms. The van der Waals surface area contributed by atoms with Crippen molar-refractivity contribution in [3.63, 3.8) is 0 Å². The average molecular weight is 294 g/mol. The highest BCUT2D eigenvalue weighted by molar-refractivity contribution is 7.09. The second kappa shape index (κ2) is 5.08. The third-order valence-electron chi connectivity index (χ3n) is 4.29. The van der Waals surface area contributed by atoms with Crippen molar-refractivity contribution in [1.29, 1.82) is 0 Å². The van der Waals surface area contributed by atoms with Crippen molar-refractivity contribution in [3.05, 3.63) is 16.1 Å². The lowest BCUT2D eigenvalue weighted by atomic mass is 9.74. The van der Waals surface area contributed by atoms with Crippen LogP contribution >= 0.6 is 11.3 Å². The zero-order valence-electron chi connectivity index (χ0n) is 13.0. The van der Waals surface area contributed by atoms with Crippen LogP contribution in [-0.2, 0) is 15.7 Å². The summed E-state index contributed by atoms with van der Waals surface area (Å²) < 4.78 is 5.77. The largest absolute Gasteiger partial charge is 0.378 e. The number of rotatable bonds is 5. The van der Waals surface area contributed by atoms with Crippen molar-refractivity contribution in [2.75, 3.05) is 6.61 Å². The Labute approximate surface area is 126 Å². The monoisotopic (exact) mass is 294 g/mol. The summed E-state index contributed by atoms with van der Waals surface area (Å²) in [6, 6.07) is 0.708. The summed E-state index contributed by atoms with van der Waals surface area (Å²) in [7, 11) is 0. The molecule has 0 amide bonds. The van der Waals surface area contributed by atoms with E-state index in [1.165, 1.54) is 23.5 Å². The Bertz CT molecular complexity index is 467. The van der Waals surface area contributed by atoms with Crippen molar-refractivity contribution < 1.29 is 4.74 Å². The number of nitrogens with one attached hydrogen (secondary N) is 1. The van der Waals surface area contributed by atoms with Gasteiger partial charge in [-0.2, -0.15) is 0 Å². The van der Waals surface area contributed by atoms with Gasteiger partial charge in [0.15, 0.2) is 0 Å². The first-order valence-electron chi connectivity index (χ1n) is 7.79. The lowest BCUT2D eigenvalue weighted by Crippen LogP contribution is -2.56. The maximum Gasteiger partial charge on any atom is 0.113 e. The van der Waals surface area contributed by atoms with Crippen molar-refractivity contribution in [2.45, 2.75) is 76.5 Å². The molecule has 2 aliphatic carbocycles. The summed E-state index contributed by atoms with van der Waals surface area (Å²) in [5.74, 6) is 0. The molecule has 1 aromatic heterocycles. The molecule has 0 atom stereocenters. The van der Waals surface area contributed by atoms with Crippen LogP contribution in [-0.4, -0.2) is 23.7 Å². The molecular formula is C16H26N2OS. The first-order valence-corrected chi connectivity index (χ1v) is 8.67. The number of thiazole rings is 1. The fourth-order valence-corrected chi connectivity index (χ4v) is 4.11. The van der Waals surface area contributed by atoms with Crippen LogP contribution in [0.25, 0.3) is 0 Å². The molecule has 0 saturated heterocycles. The van der Waals surface area contributed by atoms with Crippen LogP contribution in [0.4, 0.5) is 0 Å². The molecular weight excluding hydrogens is 268 g/mol. The molecule has 1 N–H and O–H groups in total. The van der Waals surface area contributed by atoms with Gasteiger partial charge in [0.1, 0.15) is 5.01 Å². The summed E-state index contributed by atoms with van der Waals surface area (Å²) in [5, 5.41) is 7.35. The van der Waals surface area contributed by atoms with Crippen LogP contribution in [0.5, 0.6) is 0 Å². The van der Waals surface area contributed by atoms with Gasteiger partial charge >= 0.3 is 0 Å². The van der Waals surface area contributed by atoms with Gasteiger partial charge in [-0.05, 0) is 32.6 Å². The first-order chi connectivity index (χ1) is 9.43. The molecule has 20 heavy (non-hydrogen) atoms. The predicted molar refractivity (Wildman–Crippen MR) is 83.3 cm³/mol. The van der Waals surface area contributed by atoms with E-state index in [2.05, 4.69) is 38.4 Å². The molecule has 112 valence electrons. The summed E-state index contributed by atoms with van der Waals surface area (Å²) in [4.78, 5) is 4.95. The van der Waals surface area contributed by atoms with Crippen LogP contribution < -0.4 is 5.32 Å². The SMILES string of the molecule is CCOC1CC(NC2CC2)(c2nc(C(C)(C)C)cs2)C1. The maximum atomic E-state index is 5.77. The van der Waals surface area contributed by atoms with E-state index in [4.69, 9.17) is 9.72 Å². The van der Waals surface area contributed by atoms with Gasteiger partial charge in [0.25, 0.3) is 0 Å². The first kappa shape index (κ1) is 14.5. The fourth-order valence-electron chi connectivity index (χ4n) is 2.88. The molecule has 0 spiro atoms. The summed E-state index contributed by atoms with van der Waals surface area (Å²) in [5.41, 5.74) is 1.45. The van der Waals surface area contributed by atoms with Gasteiger partial charge < -0.3 is 10.1 Å². The normalized spacial score (nSPS) is 30.3. The Balaban J connectivity index is 1.77. The second-order valence-electron chi connectivity index (χ2n) is 7.27. The third-order valence-corrected chi connectivity index (χ3v) is 5.34. The van der Waals surface area contributed by atoms with E-state index in [-0.39, 0.29) is 11.0 Å². The van der Waals surface area contributed by atoms with E-state index in [0.29, 0.717) is 12.1 Å². The number of hydrogen-bond donors (Lipinski definition) is 1. The van der Waals surface area contributed by atoms with Crippen LogP contribution in [0.15, 0.2) is 5.38 Å². The average Bonchev–Trinajstić information content (AvgIpc) is 2.97. The van der Waals surface area contributed by atoms with E-state index < -0.39 is 0 Å². The van der Waals surface area contributed by atoms with Crippen LogP contribution in [0.2, 0.25) is 0 Å². The highest BCUT2D eigenvalue weighted by atomic mass is 32.1. The zero-order valence-corrected chi connectivity index (χ0v) is 13.8. The number of ether oxygens (including phenoxy) is 1. The van der Waals surface area contributed by atoms with Gasteiger partial charge in [0, 0.05) is 23.4 Å². The maximum absolute atomic E-state index is 5.77. The molecule has 3 nitrogen and oxygen atoms in total. The molecule has 0 aromatic carbocycles. The summed E-state index contributed by atoms with van der Waals surface area (Å²) in [6.07, 6.45) is 5.20. The Morgan fingerprint density at radius 3 is 2.60 bits per heavy atom.